The van der Waals surface area contributed by atoms with E-state index in [0.717, 1.165) is 18.4 Å². The Labute approximate surface area is 227 Å². The summed E-state index contributed by atoms with van der Waals surface area (Å²) in [4.78, 5) is 11.9. The number of ether oxygens (including phenoxy) is 1. The number of hydrogen-bond acceptors (Lipinski definition) is 6. The van der Waals surface area contributed by atoms with Crippen LogP contribution < -0.4 is 0 Å². The lowest BCUT2D eigenvalue weighted by atomic mass is 9.88. The van der Waals surface area contributed by atoms with Gasteiger partial charge in [-0.25, -0.2) is 0 Å². The third-order valence-corrected chi connectivity index (χ3v) is 6.87. The van der Waals surface area contributed by atoms with Crippen LogP contribution in [-0.2, 0) is 16.0 Å². The maximum atomic E-state index is 11.9. The van der Waals surface area contributed by atoms with Gasteiger partial charge < -0.3 is 25.2 Å². The van der Waals surface area contributed by atoms with Crippen molar-refractivity contribution < 1.29 is 30.0 Å². The van der Waals surface area contributed by atoms with Crippen molar-refractivity contribution >= 4 is 5.78 Å². The zero-order valence-electron chi connectivity index (χ0n) is 23.2. The maximum absolute atomic E-state index is 11.9. The molecule has 1 heterocycles. The van der Waals surface area contributed by atoms with Crippen molar-refractivity contribution in [2.45, 2.75) is 84.4 Å². The minimum Gasteiger partial charge on any atom is -0.459 e. The van der Waals surface area contributed by atoms with Gasteiger partial charge in [0, 0.05) is 31.3 Å². The van der Waals surface area contributed by atoms with Gasteiger partial charge in [-0.1, -0.05) is 92.3 Å². The number of benzene rings is 1. The van der Waals surface area contributed by atoms with Crippen LogP contribution in [0.1, 0.15) is 59.4 Å². The fraction of sp³-hybridized carbons (Fsp3) is 0.469. The summed E-state index contributed by atoms with van der Waals surface area (Å²) in [6, 6.07) is 10.3. The van der Waals surface area contributed by atoms with E-state index in [-0.39, 0.29) is 30.4 Å². The average molecular weight is 525 g/mol. The standard InChI is InChI=1S/C32H44O6/c1-22(13-11-14-23(2)30(35)24(3)18-19-26-15-7-6-8-16-26)12-9-10-17-27(33)20-28(34)21-29-25(4)31(36)32(5,37)38-29/h6-17,23-24,27-28,30,33-35,37H,18-21H2,1-5H3/b12-9+,14-11+,17-10+,22-13+. The molecular weight excluding hydrogens is 480 g/mol. The first-order valence-corrected chi connectivity index (χ1v) is 13.3. The van der Waals surface area contributed by atoms with Crippen LogP contribution in [0.4, 0.5) is 0 Å². The van der Waals surface area contributed by atoms with Crippen molar-refractivity contribution in [1.82, 2.24) is 0 Å². The van der Waals surface area contributed by atoms with E-state index in [0.29, 0.717) is 5.57 Å². The van der Waals surface area contributed by atoms with Gasteiger partial charge in [0.1, 0.15) is 5.76 Å². The van der Waals surface area contributed by atoms with E-state index < -0.39 is 29.9 Å². The SMILES string of the molecule is CC1=C(CC(O)CC(O)/C=C/C=C/C(C)=C/C=C/C(C)C(O)C(C)CCc2ccccc2)OC(C)(O)C1=O. The highest BCUT2D eigenvalue weighted by atomic mass is 16.6. The summed E-state index contributed by atoms with van der Waals surface area (Å²) in [6.07, 6.45) is 12.7. The van der Waals surface area contributed by atoms with Crippen molar-refractivity contribution in [3.05, 3.63) is 95.3 Å². The Morgan fingerprint density at radius 1 is 1.05 bits per heavy atom. The number of rotatable bonds is 14. The minimum atomic E-state index is -1.89. The smallest absolute Gasteiger partial charge is 0.269 e. The number of carbonyl (C=O) groups excluding carboxylic acids is 1. The fourth-order valence-corrected chi connectivity index (χ4v) is 4.37. The van der Waals surface area contributed by atoms with Gasteiger partial charge in [-0.3, -0.25) is 4.79 Å². The molecule has 6 atom stereocenters. The number of allylic oxidation sites excluding steroid dienone is 6. The first-order chi connectivity index (χ1) is 17.9. The molecule has 208 valence electrons. The molecular formula is C32H44O6. The second kappa shape index (κ2) is 15.0. The van der Waals surface area contributed by atoms with E-state index in [1.165, 1.54) is 12.5 Å². The molecule has 0 spiro atoms. The molecule has 0 aliphatic carbocycles. The van der Waals surface area contributed by atoms with Gasteiger partial charge in [0.2, 0.25) is 5.78 Å². The molecule has 4 N–H and O–H groups in total. The van der Waals surface area contributed by atoms with E-state index in [1.54, 1.807) is 19.1 Å². The van der Waals surface area contributed by atoms with Crippen molar-refractivity contribution in [2.75, 3.05) is 0 Å². The molecule has 0 aromatic heterocycles. The van der Waals surface area contributed by atoms with Crippen LogP contribution >= 0.6 is 0 Å². The molecule has 0 fully saturated rings. The molecule has 6 unspecified atom stereocenters. The Hall–Kier alpha value is -2.77. The van der Waals surface area contributed by atoms with Crippen molar-refractivity contribution in [1.29, 1.82) is 0 Å². The Morgan fingerprint density at radius 3 is 2.37 bits per heavy atom. The summed E-state index contributed by atoms with van der Waals surface area (Å²) in [7, 11) is 0. The molecule has 1 aromatic rings. The molecule has 1 aliphatic rings. The maximum Gasteiger partial charge on any atom is 0.269 e. The predicted molar refractivity (Wildman–Crippen MR) is 151 cm³/mol. The largest absolute Gasteiger partial charge is 0.459 e. The zero-order valence-corrected chi connectivity index (χ0v) is 23.2. The predicted octanol–water partition coefficient (Wildman–Crippen LogP) is 4.95. The molecule has 0 amide bonds. The van der Waals surface area contributed by atoms with Crippen LogP contribution in [-0.4, -0.2) is 50.3 Å². The topological polar surface area (TPSA) is 107 Å². The van der Waals surface area contributed by atoms with E-state index in [9.17, 15) is 25.2 Å². The van der Waals surface area contributed by atoms with Crippen LogP contribution in [0, 0.1) is 11.8 Å². The number of Topliss-reactive ketones (excluding diaryl/α,β-unsaturated/α-hetero) is 1. The van der Waals surface area contributed by atoms with Crippen LogP contribution in [0.2, 0.25) is 0 Å². The number of aliphatic hydroxyl groups excluding tert-OH is 3. The monoisotopic (exact) mass is 524 g/mol. The van der Waals surface area contributed by atoms with E-state index in [1.807, 2.05) is 62.4 Å². The second-order valence-electron chi connectivity index (χ2n) is 10.5. The lowest BCUT2D eigenvalue weighted by Crippen LogP contribution is -2.32. The summed E-state index contributed by atoms with van der Waals surface area (Å²) in [5, 5.41) is 41.0. The van der Waals surface area contributed by atoms with Gasteiger partial charge >= 0.3 is 0 Å². The van der Waals surface area contributed by atoms with Gasteiger partial charge in [-0.05, 0) is 38.2 Å². The quantitative estimate of drug-likeness (QED) is 0.257. The zero-order chi connectivity index (χ0) is 28.3. The molecule has 1 aliphatic heterocycles. The number of ketones is 1. The van der Waals surface area contributed by atoms with Crippen molar-refractivity contribution in [3.63, 3.8) is 0 Å². The fourth-order valence-electron chi connectivity index (χ4n) is 4.37. The minimum absolute atomic E-state index is 0.0358. The Kier molecular flexibility index (Phi) is 12.4. The highest BCUT2D eigenvalue weighted by Crippen LogP contribution is 2.31. The number of carbonyl (C=O) groups is 1. The normalized spacial score (nSPS) is 22.9. The van der Waals surface area contributed by atoms with E-state index >= 15 is 0 Å². The molecule has 2 rings (SSSR count). The van der Waals surface area contributed by atoms with Crippen LogP contribution in [0.3, 0.4) is 0 Å². The highest BCUT2D eigenvalue weighted by molar-refractivity contribution is 6.02. The Balaban J connectivity index is 1.74. The lowest BCUT2D eigenvalue weighted by molar-refractivity contribution is -0.171. The van der Waals surface area contributed by atoms with Gasteiger partial charge in [0.15, 0.2) is 0 Å². The molecule has 6 heteroatoms. The summed E-state index contributed by atoms with van der Waals surface area (Å²) in [6.45, 7) is 8.90. The third-order valence-electron chi connectivity index (χ3n) is 6.87. The van der Waals surface area contributed by atoms with Crippen molar-refractivity contribution in [2.24, 2.45) is 11.8 Å². The van der Waals surface area contributed by atoms with Gasteiger partial charge in [0.05, 0.1) is 18.3 Å². The summed E-state index contributed by atoms with van der Waals surface area (Å²) in [5.41, 5.74) is 2.59. The first kappa shape index (κ1) is 31.4. The second-order valence-corrected chi connectivity index (χ2v) is 10.5. The molecule has 0 saturated heterocycles. The molecule has 0 saturated carbocycles. The number of aryl methyl sites for hydroxylation is 1. The van der Waals surface area contributed by atoms with Crippen LogP contribution in [0.15, 0.2) is 89.8 Å². The van der Waals surface area contributed by atoms with E-state index in [4.69, 9.17) is 4.74 Å². The number of aliphatic hydroxyl groups is 4. The van der Waals surface area contributed by atoms with Crippen LogP contribution in [0.5, 0.6) is 0 Å². The van der Waals surface area contributed by atoms with Gasteiger partial charge in [-0.15, -0.1) is 0 Å². The van der Waals surface area contributed by atoms with Crippen molar-refractivity contribution in [3.8, 4) is 0 Å². The summed E-state index contributed by atoms with van der Waals surface area (Å²) < 4.78 is 5.24. The molecule has 6 nitrogen and oxygen atoms in total. The molecule has 0 bridgehead atoms. The summed E-state index contributed by atoms with van der Waals surface area (Å²) >= 11 is 0. The lowest BCUT2D eigenvalue weighted by Gasteiger charge is -2.22. The van der Waals surface area contributed by atoms with Gasteiger partial charge in [0.25, 0.3) is 5.79 Å². The first-order valence-electron chi connectivity index (χ1n) is 13.3. The number of hydrogen-bond donors (Lipinski definition) is 4. The summed E-state index contributed by atoms with van der Waals surface area (Å²) in [5.74, 6) is -1.92. The van der Waals surface area contributed by atoms with E-state index in [2.05, 4.69) is 19.1 Å². The Bertz CT molecular complexity index is 1050. The molecule has 38 heavy (non-hydrogen) atoms. The average Bonchev–Trinajstić information content (AvgIpc) is 3.06. The Morgan fingerprint density at radius 2 is 1.74 bits per heavy atom. The van der Waals surface area contributed by atoms with Crippen LogP contribution in [0.25, 0.3) is 0 Å². The molecule has 1 aromatic carbocycles. The molecule has 0 radical (unpaired) electrons. The highest BCUT2D eigenvalue weighted by Gasteiger charge is 2.42. The third kappa shape index (κ3) is 10.2. The van der Waals surface area contributed by atoms with Gasteiger partial charge in [-0.2, -0.15) is 0 Å².